The third-order valence-electron chi connectivity index (χ3n) is 8.25. The van der Waals surface area contributed by atoms with Gasteiger partial charge in [0.1, 0.15) is 5.82 Å². The van der Waals surface area contributed by atoms with Gasteiger partial charge in [-0.3, -0.25) is 4.90 Å². The van der Waals surface area contributed by atoms with Crippen molar-refractivity contribution < 1.29 is 35.5 Å². The monoisotopic (exact) mass is 573 g/mol. The quantitative estimate of drug-likeness (QED) is 0.347. The number of carbonyl (C=O) groups is 1. The fourth-order valence-corrected chi connectivity index (χ4v) is 5.96. The van der Waals surface area contributed by atoms with Gasteiger partial charge in [-0.05, 0) is 93.2 Å². The number of nitrogens with zero attached hydrogens (tertiary/aromatic N) is 3. The first-order valence-corrected chi connectivity index (χ1v) is 13.5. The molecule has 2 amide bonds. The Morgan fingerprint density at radius 1 is 0.900 bits per heavy atom. The van der Waals surface area contributed by atoms with Gasteiger partial charge in [-0.15, -0.1) is 0 Å². The first-order chi connectivity index (χ1) is 18.7. The Morgan fingerprint density at radius 2 is 1.48 bits per heavy atom. The van der Waals surface area contributed by atoms with Gasteiger partial charge in [0, 0.05) is 19.6 Å². The molecule has 0 aromatic heterocycles. The zero-order valence-corrected chi connectivity index (χ0v) is 22.7. The number of carbonyl (C=O) groups excluding carboxylic acids is 1. The molecule has 0 bridgehead atoms. The van der Waals surface area contributed by atoms with Crippen LogP contribution in [0.3, 0.4) is 0 Å². The fourth-order valence-electron chi connectivity index (χ4n) is 5.96. The molecular weight excluding hydrogens is 539 g/mol. The molecule has 3 atom stereocenters. The molecule has 4 nitrogen and oxygen atoms in total. The van der Waals surface area contributed by atoms with Crippen LogP contribution in [0.25, 0.3) is 0 Å². The van der Waals surface area contributed by atoms with Crippen LogP contribution in [0.5, 0.6) is 0 Å². The number of aryl methyl sites for hydroxylation is 1. The normalized spacial score (nSPS) is 21.8. The number of benzene rings is 2. The zero-order chi connectivity index (χ0) is 29.4. The lowest BCUT2D eigenvalue weighted by molar-refractivity contribution is -0.143. The van der Waals surface area contributed by atoms with Crippen molar-refractivity contribution in [2.75, 3.05) is 26.7 Å². The van der Waals surface area contributed by atoms with Crippen LogP contribution in [0.4, 0.5) is 35.5 Å². The minimum Gasteiger partial charge on any atom is -0.321 e. The van der Waals surface area contributed by atoms with Gasteiger partial charge in [0.15, 0.2) is 0 Å². The van der Waals surface area contributed by atoms with Gasteiger partial charge < -0.3 is 9.80 Å². The van der Waals surface area contributed by atoms with E-state index < -0.39 is 47.4 Å². The smallest absolute Gasteiger partial charge is 0.321 e. The van der Waals surface area contributed by atoms with Crippen molar-refractivity contribution in [2.45, 2.75) is 76.4 Å². The highest BCUT2D eigenvalue weighted by Crippen LogP contribution is 2.41. The van der Waals surface area contributed by atoms with Crippen molar-refractivity contribution >= 4 is 6.03 Å². The molecule has 2 aliphatic heterocycles. The van der Waals surface area contributed by atoms with E-state index in [4.69, 9.17) is 0 Å². The van der Waals surface area contributed by atoms with Gasteiger partial charge in [0.25, 0.3) is 0 Å². The summed E-state index contributed by atoms with van der Waals surface area (Å²) >= 11 is 0. The van der Waals surface area contributed by atoms with Crippen LogP contribution < -0.4 is 0 Å². The second-order valence-electron chi connectivity index (χ2n) is 10.9. The Labute approximate surface area is 229 Å². The summed E-state index contributed by atoms with van der Waals surface area (Å²) in [6.45, 7) is 5.26. The van der Waals surface area contributed by atoms with Crippen molar-refractivity contribution in [3.05, 3.63) is 70.0 Å². The maximum Gasteiger partial charge on any atom is 0.416 e. The lowest BCUT2D eigenvalue weighted by Gasteiger charge is -2.38. The Hall–Kier alpha value is -2.82. The van der Waals surface area contributed by atoms with E-state index in [1.54, 1.807) is 17.9 Å². The molecule has 0 N–H and O–H groups in total. The molecule has 2 unspecified atom stereocenters. The summed E-state index contributed by atoms with van der Waals surface area (Å²) in [4.78, 5) is 19.1. The molecule has 40 heavy (non-hydrogen) atoms. The van der Waals surface area contributed by atoms with E-state index in [0.717, 1.165) is 44.3 Å². The number of alkyl halides is 6. The first-order valence-electron chi connectivity index (χ1n) is 13.5. The maximum atomic E-state index is 14.0. The molecule has 0 aliphatic carbocycles. The van der Waals surface area contributed by atoms with Crippen LogP contribution >= 0.6 is 0 Å². The molecule has 0 saturated carbocycles. The Kier molecular flexibility index (Phi) is 8.73. The van der Waals surface area contributed by atoms with E-state index in [0.29, 0.717) is 30.7 Å². The molecule has 2 heterocycles. The van der Waals surface area contributed by atoms with Crippen LogP contribution in [0.2, 0.25) is 0 Å². The summed E-state index contributed by atoms with van der Waals surface area (Å²) < 4.78 is 94.8. The average molecular weight is 574 g/mol. The number of likely N-dealkylation sites (tertiary alicyclic amines) is 2. The van der Waals surface area contributed by atoms with E-state index >= 15 is 0 Å². The van der Waals surface area contributed by atoms with Gasteiger partial charge in [-0.25, -0.2) is 9.18 Å². The van der Waals surface area contributed by atoms with Gasteiger partial charge in [0.05, 0.1) is 23.2 Å². The van der Waals surface area contributed by atoms with Crippen LogP contribution in [-0.4, -0.2) is 53.5 Å². The topological polar surface area (TPSA) is 26.8 Å². The summed E-state index contributed by atoms with van der Waals surface area (Å²) in [5.41, 5.74) is -1.66. The van der Waals surface area contributed by atoms with Crippen LogP contribution in [-0.2, 0) is 12.4 Å². The molecule has 2 aromatic carbocycles. The second kappa shape index (κ2) is 11.6. The summed E-state index contributed by atoms with van der Waals surface area (Å²) in [6.07, 6.45) is -5.05. The molecule has 2 aromatic rings. The minimum absolute atomic E-state index is 0.0414. The lowest BCUT2D eigenvalue weighted by atomic mass is 9.94. The first kappa shape index (κ1) is 30.1. The predicted molar refractivity (Wildman–Crippen MR) is 137 cm³/mol. The van der Waals surface area contributed by atoms with Gasteiger partial charge in [-0.2, -0.15) is 26.3 Å². The van der Waals surface area contributed by atoms with Gasteiger partial charge in [-0.1, -0.05) is 18.9 Å². The molecule has 2 fully saturated rings. The molecule has 220 valence electrons. The number of hydrogen-bond acceptors (Lipinski definition) is 2. The number of urea groups is 1. The van der Waals surface area contributed by atoms with Crippen molar-refractivity contribution in [1.82, 2.24) is 14.7 Å². The van der Waals surface area contributed by atoms with Crippen LogP contribution in [0.1, 0.15) is 78.9 Å². The lowest BCUT2D eigenvalue weighted by Crippen LogP contribution is -2.46. The Bertz CT molecular complexity index is 1170. The zero-order valence-electron chi connectivity index (χ0n) is 22.7. The third kappa shape index (κ3) is 6.39. The van der Waals surface area contributed by atoms with Crippen LogP contribution in [0.15, 0.2) is 36.4 Å². The van der Waals surface area contributed by atoms with E-state index in [9.17, 15) is 35.5 Å². The highest BCUT2D eigenvalue weighted by Gasteiger charge is 2.44. The summed E-state index contributed by atoms with van der Waals surface area (Å²) in [5, 5.41) is 0. The maximum absolute atomic E-state index is 14.0. The van der Waals surface area contributed by atoms with Crippen molar-refractivity contribution in [3.63, 3.8) is 0 Å². The molecule has 0 spiro atoms. The molecule has 2 aliphatic rings. The van der Waals surface area contributed by atoms with E-state index in [1.165, 1.54) is 31.0 Å². The second-order valence-corrected chi connectivity index (χ2v) is 10.9. The van der Waals surface area contributed by atoms with Crippen molar-refractivity contribution in [2.24, 2.45) is 0 Å². The molecule has 11 heteroatoms. The minimum atomic E-state index is -4.99. The SMILES string of the molecule is Cc1cc(F)ccc1C1C(N2CCCCCC2)CCN1C(=O)N(C)[C@@H](C)c1cc(C(F)(F)F)cc(C(F)(F)F)c1. The van der Waals surface area contributed by atoms with Gasteiger partial charge in [0.2, 0.25) is 0 Å². The molecule has 2 saturated heterocycles. The molecule has 4 rings (SSSR count). The Balaban J connectivity index is 1.68. The van der Waals surface area contributed by atoms with E-state index in [1.807, 2.05) is 0 Å². The number of halogens is 7. The third-order valence-corrected chi connectivity index (χ3v) is 8.25. The number of hydrogen-bond donors (Lipinski definition) is 0. The molecule has 0 radical (unpaired) electrons. The number of rotatable bonds is 4. The highest BCUT2D eigenvalue weighted by atomic mass is 19.4. The summed E-state index contributed by atoms with van der Waals surface area (Å²) in [5.74, 6) is -0.404. The number of amides is 2. The summed E-state index contributed by atoms with van der Waals surface area (Å²) in [6, 6.07) is 3.75. The Morgan fingerprint density at radius 3 is 2.00 bits per heavy atom. The van der Waals surface area contributed by atoms with E-state index in [2.05, 4.69) is 4.90 Å². The van der Waals surface area contributed by atoms with Crippen LogP contribution in [0, 0.1) is 12.7 Å². The standard InChI is InChI=1S/C29H34F7N3O/c1-18-14-23(30)8-9-24(18)26-25(38-11-6-4-5-7-12-38)10-13-39(26)27(40)37(3)19(2)20-15-21(28(31,32)33)17-22(16-20)29(34,35)36/h8-9,14-17,19,25-26H,4-7,10-13H2,1-3H3/t19-,25?,26?/m0/s1. The fraction of sp³-hybridized carbons (Fsp3) is 0.552. The molecular formula is C29H34F7N3O. The van der Waals surface area contributed by atoms with Crippen molar-refractivity contribution in [1.29, 1.82) is 0 Å². The summed E-state index contributed by atoms with van der Waals surface area (Å²) in [7, 11) is 1.38. The largest absolute Gasteiger partial charge is 0.416 e. The van der Waals surface area contributed by atoms with Crippen molar-refractivity contribution in [3.8, 4) is 0 Å². The van der Waals surface area contributed by atoms with E-state index in [-0.39, 0.29) is 17.7 Å². The average Bonchev–Trinajstić information content (AvgIpc) is 3.12. The van der Waals surface area contributed by atoms with Gasteiger partial charge >= 0.3 is 18.4 Å². The highest BCUT2D eigenvalue weighted by molar-refractivity contribution is 5.76. The predicted octanol–water partition coefficient (Wildman–Crippen LogP) is 7.98.